The maximum Gasteiger partial charge on any atom is 0.157 e. The van der Waals surface area contributed by atoms with Gasteiger partial charge < -0.3 is 5.32 Å². The van der Waals surface area contributed by atoms with E-state index in [0.717, 1.165) is 24.4 Å². The first-order valence-corrected chi connectivity index (χ1v) is 6.48. The van der Waals surface area contributed by atoms with E-state index in [1.54, 1.807) is 10.7 Å². The molecule has 0 saturated heterocycles. The highest BCUT2D eigenvalue weighted by Gasteiger charge is 2.01. The van der Waals surface area contributed by atoms with Crippen LogP contribution < -0.4 is 5.32 Å². The Balaban J connectivity index is 1.78. The Bertz CT molecular complexity index is 687. The average Bonchev–Trinajstić information content (AvgIpc) is 2.93. The first kappa shape index (κ1) is 11.7. The van der Waals surface area contributed by atoms with Crippen LogP contribution in [0.2, 0.25) is 0 Å². The third-order valence-corrected chi connectivity index (χ3v) is 3.22. The molecule has 0 aliphatic carbocycles. The van der Waals surface area contributed by atoms with Gasteiger partial charge in [0.25, 0.3) is 0 Å². The molecule has 0 radical (unpaired) electrons. The minimum absolute atomic E-state index is 0.793. The second kappa shape index (κ2) is 5.10. The van der Waals surface area contributed by atoms with Gasteiger partial charge in [-0.2, -0.15) is 5.10 Å². The Morgan fingerprint density at radius 3 is 2.79 bits per heavy atom. The molecule has 3 rings (SSSR count). The van der Waals surface area contributed by atoms with Gasteiger partial charge in [0.2, 0.25) is 0 Å². The Morgan fingerprint density at radius 2 is 1.95 bits per heavy atom. The second-order valence-corrected chi connectivity index (χ2v) is 4.42. The van der Waals surface area contributed by atoms with Crippen molar-refractivity contribution in [2.75, 3.05) is 5.32 Å². The predicted molar refractivity (Wildman–Crippen MR) is 76.1 cm³/mol. The van der Waals surface area contributed by atoms with E-state index < -0.39 is 0 Å². The van der Waals surface area contributed by atoms with E-state index in [9.17, 15) is 0 Å². The quantitative estimate of drug-likeness (QED) is 0.776. The fraction of sp³-hybridized carbons (Fsp3) is 0.200. The zero-order valence-electron chi connectivity index (χ0n) is 10.9. The lowest BCUT2D eigenvalue weighted by Crippen LogP contribution is -2.04. The molecule has 2 heterocycles. The maximum atomic E-state index is 4.50. The number of rotatable bonds is 4. The Kier molecular flexibility index (Phi) is 3.14. The third-order valence-electron chi connectivity index (χ3n) is 3.22. The molecule has 0 fully saturated rings. The van der Waals surface area contributed by atoms with Crippen molar-refractivity contribution in [2.24, 2.45) is 0 Å². The molecule has 19 heavy (non-hydrogen) atoms. The first-order valence-electron chi connectivity index (χ1n) is 6.48. The zero-order chi connectivity index (χ0) is 13.1. The van der Waals surface area contributed by atoms with Crippen molar-refractivity contribution in [2.45, 2.75) is 19.9 Å². The summed E-state index contributed by atoms with van der Waals surface area (Å²) in [5, 5.41) is 7.50. The van der Waals surface area contributed by atoms with Crippen molar-refractivity contribution in [1.82, 2.24) is 14.6 Å². The van der Waals surface area contributed by atoms with E-state index >= 15 is 0 Å². The number of benzene rings is 1. The zero-order valence-corrected chi connectivity index (χ0v) is 10.9. The van der Waals surface area contributed by atoms with Crippen molar-refractivity contribution < 1.29 is 0 Å². The largest absolute Gasteiger partial charge is 0.366 e. The topological polar surface area (TPSA) is 42.2 Å². The number of nitrogens with one attached hydrogen (secondary N) is 1. The van der Waals surface area contributed by atoms with Gasteiger partial charge in [0.1, 0.15) is 5.82 Å². The van der Waals surface area contributed by atoms with Gasteiger partial charge >= 0.3 is 0 Å². The van der Waals surface area contributed by atoms with Crippen molar-refractivity contribution in [3.8, 4) is 0 Å². The Morgan fingerprint density at radius 1 is 1.11 bits per heavy atom. The van der Waals surface area contributed by atoms with Gasteiger partial charge in [0.05, 0.1) is 6.20 Å². The van der Waals surface area contributed by atoms with Crippen LogP contribution in [0.25, 0.3) is 5.65 Å². The maximum absolute atomic E-state index is 4.50. The summed E-state index contributed by atoms with van der Waals surface area (Å²) >= 11 is 0. The third kappa shape index (κ3) is 2.42. The van der Waals surface area contributed by atoms with E-state index in [2.05, 4.69) is 46.6 Å². The molecule has 2 aromatic heterocycles. The molecule has 1 N–H and O–H groups in total. The van der Waals surface area contributed by atoms with Crippen LogP contribution in [-0.4, -0.2) is 14.6 Å². The molecular formula is C15H16N4. The summed E-state index contributed by atoms with van der Waals surface area (Å²) in [7, 11) is 0. The number of hydrogen-bond donors (Lipinski definition) is 1. The molecule has 0 unspecified atom stereocenters. The van der Waals surface area contributed by atoms with E-state index in [1.807, 2.05) is 18.3 Å². The molecule has 1 aromatic carbocycles. The Labute approximate surface area is 112 Å². The highest BCUT2D eigenvalue weighted by atomic mass is 15.2. The van der Waals surface area contributed by atoms with Gasteiger partial charge in [-0.25, -0.2) is 9.50 Å². The summed E-state index contributed by atoms with van der Waals surface area (Å²) in [4.78, 5) is 4.50. The van der Waals surface area contributed by atoms with Crippen LogP contribution in [0.5, 0.6) is 0 Å². The van der Waals surface area contributed by atoms with Crippen LogP contribution in [0.1, 0.15) is 18.1 Å². The molecule has 4 heteroatoms. The summed E-state index contributed by atoms with van der Waals surface area (Å²) in [6, 6.07) is 12.3. The lowest BCUT2D eigenvalue weighted by Gasteiger charge is -2.09. The minimum Gasteiger partial charge on any atom is -0.366 e. The van der Waals surface area contributed by atoms with E-state index in [1.165, 1.54) is 11.1 Å². The molecule has 0 atom stereocenters. The molecule has 0 aliphatic rings. The van der Waals surface area contributed by atoms with Crippen LogP contribution in [0.15, 0.2) is 48.8 Å². The molecule has 0 spiro atoms. The predicted octanol–water partition coefficient (Wildman–Crippen LogP) is 2.90. The van der Waals surface area contributed by atoms with Gasteiger partial charge in [-0.1, -0.05) is 31.2 Å². The lowest BCUT2D eigenvalue weighted by atomic mass is 10.1. The number of nitrogens with zero attached hydrogens (tertiary/aromatic N) is 3. The van der Waals surface area contributed by atoms with Crippen molar-refractivity contribution >= 4 is 11.5 Å². The van der Waals surface area contributed by atoms with E-state index in [-0.39, 0.29) is 0 Å². The molecule has 0 bridgehead atoms. The van der Waals surface area contributed by atoms with Gasteiger partial charge in [-0.15, -0.1) is 0 Å². The van der Waals surface area contributed by atoms with Crippen LogP contribution in [0, 0.1) is 0 Å². The fourth-order valence-corrected chi connectivity index (χ4v) is 2.17. The summed E-state index contributed by atoms with van der Waals surface area (Å²) in [6.45, 7) is 2.97. The highest BCUT2D eigenvalue weighted by molar-refractivity contribution is 5.46. The van der Waals surface area contributed by atoms with Gasteiger partial charge in [0.15, 0.2) is 5.65 Å². The highest BCUT2D eigenvalue weighted by Crippen LogP contribution is 2.12. The fourth-order valence-electron chi connectivity index (χ4n) is 2.17. The number of hydrogen-bond acceptors (Lipinski definition) is 3. The molecule has 0 amide bonds. The van der Waals surface area contributed by atoms with Gasteiger partial charge in [0, 0.05) is 18.8 Å². The summed E-state index contributed by atoms with van der Waals surface area (Å²) < 4.78 is 1.76. The number of anilines is 1. The number of fused-ring (bicyclic) bond motifs is 1. The Hall–Kier alpha value is -2.36. The van der Waals surface area contributed by atoms with Crippen LogP contribution in [0.3, 0.4) is 0 Å². The van der Waals surface area contributed by atoms with E-state index in [0.29, 0.717) is 0 Å². The van der Waals surface area contributed by atoms with Crippen molar-refractivity contribution in [3.63, 3.8) is 0 Å². The number of aromatic nitrogens is 3. The van der Waals surface area contributed by atoms with Crippen LogP contribution in [-0.2, 0) is 13.0 Å². The molecule has 0 aliphatic heterocycles. The standard InChI is InChI=1S/C15H16N4/c1-2-12-5-3-4-6-13(12)11-16-14-8-10-19-15(18-14)7-9-17-19/h3-10H,2,11H2,1H3,(H,16,18). The second-order valence-electron chi connectivity index (χ2n) is 4.42. The summed E-state index contributed by atoms with van der Waals surface area (Å²) in [5.41, 5.74) is 3.55. The smallest absolute Gasteiger partial charge is 0.157 e. The van der Waals surface area contributed by atoms with Crippen molar-refractivity contribution in [1.29, 1.82) is 0 Å². The first-order chi connectivity index (χ1) is 9.36. The molecule has 4 nitrogen and oxygen atoms in total. The average molecular weight is 252 g/mol. The lowest BCUT2D eigenvalue weighted by molar-refractivity contribution is 0.935. The molecule has 3 aromatic rings. The number of aryl methyl sites for hydroxylation is 1. The SMILES string of the molecule is CCc1ccccc1CNc1ccn2nccc2n1. The molecular weight excluding hydrogens is 236 g/mol. The molecule has 0 saturated carbocycles. The van der Waals surface area contributed by atoms with Crippen LogP contribution >= 0.6 is 0 Å². The molecule has 96 valence electrons. The normalized spacial score (nSPS) is 10.8. The van der Waals surface area contributed by atoms with Crippen molar-refractivity contribution in [3.05, 3.63) is 59.9 Å². The summed E-state index contributed by atoms with van der Waals surface area (Å²) in [6.07, 6.45) is 4.71. The minimum atomic E-state index is 0.793. The monoisotopic (exact) mass is 252 g/mol. The van der Waals surface area contributed by atoms with Gasteiger partial charge in [-0.05, 0) is 23.6 Å². The summed E-state index contributed by atoms with van der Waals surface area (Å²) in [5.74, 6) is 0.874. The van der Waals surface area contributed by atoms with E-state index in [4.69, 9.17) is 0 Å². The van der Waals surface area contributed by atoms with Crippen LogP contribution in [0.4, 0.5) is 5.82 Å². The van der Waals surface area contributed by atoms with Gasteiger partial charge in [-0.3, -0.25) is 0 Å².